The SMILES string of the molecule is CCOC(=O)CCc1ccc(SC(F)(F)F)c(OC(F)(F)F)c1. The molecule has 0 spiro atoms. The molecular weight excluding hydrogens is 350 g/mol. The lowest BCUT2D eigenvalue weighted by Crippen LogP contribution is -2.18. The molecule has 1 aromatic carbocycles. The summed E-state index contributed by atoms with van der Waals surface area (Å²) < 4.78 is 82.3. The molecule has 10 heteroatoms. The van der Waals surface area contributed by atoms with Gasteiger partial charge in [-0.25, -0.2) is 0 Å². The van der Waals surface area contributed by atoms with Gasteiger partial charge in [0.2, 0.25) is 0 Å². The van der Waals surface area contributed by atoms with Crippen molar-refractivity contribution in [2.24, 2.45) is 0 Å². The second-order valence-corrected chi connectivity index (χ2v) is 5.29. The molecule has 0 bridgehead atoms. The molecule has 0 amide bonds. The minimum atomic E-state index is -5.12. The van der Waals surface area contributed by atoms with E-state index in [9.17, 15) is 31.1 Å². The first kappa shape index (κ1) is 19.5. The minimum Gasteiger partial charge on any atom is -0.466 e. The lowest BCUT2D eigenvalue weighted by molar-refractivity contribution is -0.275. The molecule has 0 aliphatic heterocycles. The van der Waals surface area contributed by atoms with E-state index >= 15 is 0 Å². The largest absolute Gasteiger partial charge is 0.573 e. The van der Waals surface area contributed by atoms with Crippen molar-refractivity contribution in [3.8, 4) is 5.75 Å². The second-order valence-electron chi connectivity index (χ2n) is 4.18. The van der Waals surface area contributed by atoms with Gasteiger partial charge in [0, 0.05) is 6.42 Å². The highest BCUT2D eigenvalue weighted by Crippen LogP contribution is 2.43. The van der Waals surface area contributed by atoms with Crippen molar-refractivity contribution in [3.63, 3.8) is 0 Å². The lowest BCUT2D eigenvalue weighted by Gasteiger charge is -2.15. The van der Waals surface area contributed by atoms with Crippen LogP contribution in [-0.2, 0) is 16.0 Å². The normalized spacial score (nSPS) is 12.1. The highest BCUT2D eigenvalue weighted by molar-refractivity contribution is 8.00. The lowest BCUT2D eigenvalue weighted by atomic mass is 10.1. The standard InChI is InChI=1S/C13H12F6O3S/c1-2-21-11(20)6-4-8-3-5-10(23-13(17,18)19)9(7-8)22-12(14,15)16/h3,5,7H,2,4,6H2,1H3. The molecule has 0 N–H and O–H groups in total. The molecule has 0 aliphatic rings. The van der Waals surface area contributed by atoms with E-state index in [-0.39, 0.29) is 25.0 Å². The Morgan fingerprint density at radius 2 is 1.83 bits per heavy atom. The summed E-state index contributed by atoms with van der Waals surface area (Å²) in [5, 5.41) is 0. The Hall–Kier alpha value is -1.58. The van der Waals surface area contributed by atoms with Gasteiger partial charge in [-0.3, -0.25) is 4.79 Å². The number of halogens is 6. The minimum absolute atomic E-state index is 0.0179. The summed E-state index contributed by atoms with van der Waals surface area (Å²) in [6.07, 6.45) is -5.21. The van der Waals surface area contributed by atoms with Crippen LogP contribution in [0.5, 0.6) is 5.75 Å². The van der Waals surface area contributed by atoms with Crippen LogP contribution >= 0.6 is 11.8 Å². The van der Waals surface area contributed by atoms with Crippen LogP contribution in [0.1, 0.15) is 18.9 Å². The van der Waals surface area contributed by atoms with Crippen LogP contribution in [0.3, 0.4) is 0 Å². The zero-order valence-corrected chi connectivity index (χ0v) is 12.6. The fourth-order valence-corrected chi connectivity index (χ4v) is 2.19. The molecule has 23 heavy (non-hydrogen) atoms. The van der Waals surface area contributed by atoms with Crippen molar-refractivity contribution in [1.82, 2.24) is 0 Å². The van der Waals surface area contributed by atoms with Crippen LogP contribution < -0.4 is 4.74 Å². The third kappa shape index (κ3) is 8.00. The summed E-state index contributed by atoms with van der Waals surface area (Å²) in [6.45, 7) is 1.75. The van der Waals surface area contributed by atoms with E-state index in [0.717, 1.165) is 12.1 Å². The van der Waals surface area contributed by atoms with Crippen molar-refractivity contribution in [3.05, 3.63) is 23.8 Å². The number of ether oxygens (including phenoxy) is 2. The second kappa shape index (κ2) is 7.80. The monoisotopic (exact) mass is 362 g/mol. The maximum absolute atomic E-state index is 12.4. The van der Waals surface area contributed by atoms with E-state index in [1.807, 2.05) is 0 Å². The highest BCUT2D eigenvalue weighted by atomic mass is 32.2. The Balaban J connectivity index is 2.95. The Morgan fingerprint density at radius 1 is 1.17 bits per heavy atom. The third-order valence-electron chi connectivity index (χ3n) is 2.38. The molecule has 0 saturated heterocycles. The van der Waals surface area contributed by atoms with Gasteiger partial charge in [-0.1, -0.05) is 6.07 Å². The number of hydrogen-bond acceptors (Lipinski definition) is 4. The Morgan fingerprint density at radius 3 is 2.35 bits per heavy atom. The number of carbonyl (C=O) groups is 1. The molecule has 1 aromatic rings. The number of benzene rings is 1. The van der Waals surface area contributed by atoms with E-state index in [1.54, 1.807) is 6.92 Å². The maximum Gasteiger partial charge on any atom is 0.573 e. The quantitative estimate of drug-likeness (QED) is 0.418. The number of carbonyl (C=O) groups excluding carboxylic acids is 1. The molecule has 0 aromatic heterocycles. The summed E-state index contributed by atoms with van der Waals surface area (Å²) in [5.41, 5.74) is -4.53. The fourth-order valence-electron chi connectivity index (χ4n) is 1.60. The molecule has 0 heterocycles. The van der Waals surface area contributed by atoms with E-state index in [1.165, 1.54) is 6.07 Å². The topological polar surface area (TPSA) is 35.5 Å². The summed E-state index contributed by atoms with van der Waals surface area (Å²) in [4.78, 5) is 10.5. The molecule has 130 valence electrons. The molecule has 0 atom stereocenters. The smallest absolute Gasteiger partial charge is 0.466 e. The first-order valence-electron chi connectivity index (χ1n) is 6.30. The molecule has 0 unspecified atom stereocenters. The summed E-state index contributed by atoms with van der Waals surface area (Å²) in [6, 6.07) is 2.91. The molecule has 0 radical (unpaired) electrons. The molecular formula is C13H12F6O3S. The van der Waals surface area contributed by atoms with Crippen LogP contribution in [0.4, 0.5) is 26.3 Å². The highest BCUT2D eigenvalue weighted by Gasteiger charge is 2.35. The van der Waals surface area contributed by atoms with Gasteiger partial charge >= 0.3 is 17.8 Å². The first-order chi connectivity index (χ1) is 10.5. The fraction of sp³-hybridized carbons (Fsp3) is 0.462. The van der Waals surface area contributed by atoms with Crippen molar-refractivity contribution in [2.75, 3.05) is 6.61 Å². The van der Waals surface area contributed by atoms with Gasteiger partial charge in [-0.15, -0.1) is 13.2 Å². The van der Waals surface area contributed by atoms with Crippen LogP contribution in [0, 0.1) is 0 Å². The third-order valence-corrected chi connectivity index (χ3v) is 3.17. The molecule has 3 nitrogen and oxygen atoms in total. The number of esters is 1. The van der Waals surface area contributed by atoms with Gasteiger partial charge in [0.25, 0.3) is 0 Å². The zero-order valence-electron chi connectivity index (χ0n) is 11.8. The van der Waals surface area contributed by atoms with Crippen molar-refractivity contribution >= 4 is 17.7 Å². The predicted molar refractivity (Wildman–Crippen MR) is 70.0 cm³/mol. The van der Waals surface area contributed by atoms with E-state index in [2.05, 4.69) is 9.47 Å². The van der Waals surface area contributed by atoms with Crippen molar-refractivity contribution in [1.29, 1.82) is 0 Å². The molecule has 0 fully saturated rings. The van der Waals surface area contributed by atoms with Gasteiger partial charge in [0.1, 0.15) is 5.75 Å². The van der Waals surface area contributed by atoms with Crippen LogP contribution in [0.2, 0.25) is 0 Å². The van der Waals surface area contributed by atoms with Crippen LogP contribution in [0.25, 0.3) is 0 Å². The Bertz CT molecular complexity index is 541. The summed E-state index contributed by atoms with van der Waals surface area (Å²) in [7, 11) is 0. The van der Waals surface area contributed by atoms with Gasteiger partial charge in [0.05, 0.1) is 11.5 Å². The molecule has 1 rings (SSSR count). The average Bonchev–Trinajstić information content (AvgIpc) is 2.36. The molecule has 0 saturated carbocycles. The first-order valence-corrected chi connectivity index (χ1v) is 7.12. The van der Waals surface area contributed by atoms with E-state index in [4.69, 9.17) is 0 Å². The summed E-state index contributed by atoms with van der Waals surface area (Å²) in [5.74, 6) is -1.51. The van der Waals surface area contributed by atoms with Gasteiger partial charge < -0.3 is 9.47 Å². The zero-order chi connectivity index (χ0) is 17.7. The molecule has 0 aliphatic carbocycles. The van der Waals surface area contributed by atoms with E-state index in [0.29, 0.717) is 0 Å². The average molecular weight is 362 g/mol. The maximum atomic E-state index is 12.4. The number of hydrogen-bond donors (Lipinski definition) is 0. The van der Waals surface area contributed by atoms with Crippen molar-refractivity contribution < 1.29 is 40.6 Å². The van der Waals surface area contributed by atoms with Crippen molar-refractivity contribution in [2.45, 2.75) is 36.5 Å². The Labute approximate surface area is 131 Å². The number of alkyl halides is 6. The van der Waals surface area contributed by atoms with Gasteiger partial charge in [-0.05, 0) is 42.8 Å². The van der Waals surface area contributed by atoms with Crippen LogP contribution in [-0.4, -0.2) is 24.4 Å². The summed E-state index contributed by atoms with van der Waals surface area (Å²) >= 11 is -0.707. The van der Waals surface area contributed by atoms with E-state index < -0.39 is 40.2 Å². The Kier molecular flexibility index (Phi) is 6.60. The number of aryl methyl sites for hydroxylation is 1. The van der Waals surface area contributed by atoms with Crippen LogP contribution in [0.15, 0.2) is 23.1 Å². The predicted octanol–water partition coefficient (Wildman–Crippen LogP) is 4.69. The number of rotatable bonds is 6. The van der Waals surface area contributed by atoms with Gasteiger partial charge in [-0.2, -0.15) is 13.2 Å². The van der Waals surface area contributed by atoms with Gasteiger partial charge in [0.15, 0.2) is 0 Å². The number of thioether (sulfide) groups is 1.